The summed E-state index contributed by atoms with van der Waals surface area (Å²) in [4.78, 5) is 32.2. The summed E-state index contributed by atoms with van der Waals surface area (Å²) in [6.07, 6.45) is 0.697. The lowest BCUT2D eigenvalue weighted by Gasteiger charge is -2.21. The van der Waals surface area contributed by atoms with Crippen molar-refractivity contribution in [2.75, 3.05) is 32.1 Å². The Labute approximate surface area is 171 Å². The van der Waals surface area contributed by atoms with Crippen LogP contribution >= 0.6 is 22.9 Å². The van der Waals surface area contributed by atoms with Crippen LogP contribution < -0.4 is 4.90 Å². The molecular formula is C19H19ClN4O3S. The summed E-state index contributed by atoms with van der Waals surface area (Å²) in [5.41, 5.74) is 0.475. The molecule has 0 saturated heterocycles. The molecule has 1 heterocycles. The van der Waals surface area contributed by atoms with Crippen LogP contribution in [0.4, 0.5) is 10.8 Å². The number of nitrogens with zero attached hydrogens (tertiary/aromatic N) is 4. The lowest BCUT2D eigenvalue weighted by atomic mass is 10.1. The van der Waals surface area contributed by atoms with Crippen molar-refractivity contribution in [3.63, 3.8) is 0 Å². The van der Waals surface area contributed by atoms with Crippen molar-refractivity contribution in [2.24, 2.45) is 0 Å². The highest BCUT2D eigenvalue weighted by Crippen LogP contribution is 2.32. The molecule has 3 rings (SSSR count). The molecule has 146 valence electrons. The minimum Gasteiger partial charge on any atom is -0.309 e. The Bertz CT molecular complexity index is 988. The third-order valence-electron chi connectivity index (χ3n) is 4.13. The van der Waals surface area contributed by atoms with Crippen molar-refractivity contribution in [3.8, 4) is 0 Å². The van der Waals surface area contributed by atoms with E-state index in [9.17, 15) is 14.9 Å². The van der Waals surface area contributed by atoms with Gasteiger partial charge in [-0.25, -0.2) is 4.98 Å². The van der Waals surface area contributed by atoms with Crippen LogP contribution in [-0.4, -0.2) is 47.9 Å². The number of fused-ring (bicyclic) bond motifs is 1. The molecule has 0 aliphatic rings. The average molecular weight is 419 g/mol. The maximum Gasteiger partial charge on any atom is 0.282 e. The summed E-state index contributed by atoms with van der Waals surface area (Å²) >= 11 is 7.40. The van der Waals surface area contributed by atoms with Gasteiger partial charge in [0, 0.05) is 17.6 Å². The highest BCUT2D eigenvalue weighted by molar-refractivity contribution is 7.22. The van der Waals surface area contributed by atoms with Gasteiger partial charge in [-0.2, -0.15) is 0 Å². The molecule has 0 spiro atoms. The second kappa shape index (κ2) is 8.64. The van der Waals surface area contributed by atoms with Crippen molar-refractivity contribution < 1.29 is 9.72 Å². The van der Waals surface area contributed by atoms with Crippen molar-refractivity contribution >= 4 is 49.9 Å². The molecule has 0 atom stereocenters. The first kappa shape index (κ1) is 20.2. The Hall–Kier alpha value is -2.55. The number of para-hydroxylation sites is 1. The lowest BCUT2D eigenvalue weighted by Crippen LogP contribution is -2.33. The van der Waals surface area contributed by atoms with Crippen LogP contribution in [-0.2, 0) is 0 Å². The van der Waals surface area contributed by atoms with E-state index < -0.39 is 10.8 Å². The number of carbonyl (C=O) groups is 1. The maximum atomic E-state index is 13.3. The Morgan fingerprint density at radius 2 is 1.96 bits per heavy atom. The fourth-order valence-electron chi connectivity index (χ4n) is 2.79. The molecule has 0 saturated carbocycles. The topological polar surface area (TPSA) is 79.6 Å². The second-order valence-electron chi connectivity index (χ2n) is 6.50. The van der Waals surface area contributed by atoms with E-state index in [0.29, 0.717) is 18.1 Å². The van der Waals surface area contributed by atoms with Crippen molar-refractivity contribution in [3.05, 3.63) is 63.2 Å². The van der Waals surface area contributed by atoms with Crippen molar-refractivity contribution in [2.45, 2.75) is 6.42 Å². The molecule has 28 heavy (non-hydrogen) atoms. The number of nitro benzene ring substituents is 1. The van der Waals surface area contributed by atoms with E-state index in [2.05, 4.69) is 4.98 Å². The lowest BCUT2D eigenvalue weighted by molar-refractivity contribution is -0.385. The van der Waals surface area contributed by atoms with E-state index in [1.165, 1.54) is 34.4 Å². The number of hydrogen-bond donors (Lipinski definition) is 0. The first-order valence-corrected chi connectivity index (χ1v) is 9.82. The fraction of sp³-hybridized carbons (Fsp3) is 0.263. The summed E-state index contributed by atoms with van der Waals surface area (Å²) in [6, 6.07) is 11.6. The molecule has 3 aromatic rings. The monoisotopic (exact) mass is 418 g/mol. The number of nitro groups is 1. The van der Waals surface area contributed by atoms with Gasteiger partial charge >= 0.3 is 0 Å². The molecule has 0 aliphatic carbocycles. The molecular weight excluding hydrogens is 400 g/mol. The Balaban J connectivity index is 2.02. The molecule has 0 bridgehead atoms. The van der Waals surface area contributed by atoms with Crippen LogP contribution in [0.5, 0.6) is 0 Å². The van der Waals surface area contributed by atoms with Gasteiger partial charge in [0.05, 0.1) is 15.1 Å². The average Bonchev–Trinajstić information content (AvgIpc) is 3.08. The van der Waals surface area contributed by atoms with E-state index in [0.717, 1.165) is 16.8 Å². The van der Waals surface area contributed by atoms with E-state index in [1.54, 1.807) is 0 Å². The molecule has 0 fully saturated rings. The molecule has 0 N–H and O–H groups in total. The van der Waals surface area contributed by atoms with Gasteiger partial charge < -0.3 is 4.90 Å². The number of thiazole rings is 1. The van der Waals surface area contributed by atoms with Crippen molar-refractivity contribution in [1.29, 1.82) is 0 Å². The number of hydrogen-bond acceptors (Lipinski definition) is 6. The summed E-state index contributed by atoms with van der Waals surface area (Å²) in [5.74, 6) is -0.480. The maximum absolute atomic E-state index is 13.3. The quantitative estimate of drug-likeness (QED) is 0.418. The number of carbonyl (C=O) groups excluding carboxylic acids is 1. The molecule has 0 aliphatic heterocycles. The van der Waals surface area contributed by atoms with Crippen LogP contribution in [0, 0.1) is 10.1 Å². The van der Waals surface area contributed by atoms with Gasteiger partial charge in [0.15, 0.2) is 5.13 Å². The molecule has 0 unspecified atom stereocenters. The van der Waals surface area contributed by atoms with Crippen LogP contribution in [0.25, 0.3) is 10.2 Å². The highest BCUT2D eigenvalue weighted by Gasteiger charge is 2.27. The number of rotatable bonds is 7. The number of anilines is 1. The molecule has 0 radical (unpaired) electrons. The van der Waals surface area contributed by atoms with E-state index >= 15 is 0 Å². The van der Waals surface area contributed by atoms with Crippen LogP contribution in [0.15, 0.2) is 42.5 Å². The number of halogens is 1. The first-order chi connectivity index (χ1) is 13.4. The first-order valence-electron chi connectivity index (χ1n) is 8.63. The van der Waals surface area contributed by atoms with Gasteiger partial charge in [-0.15, -0.1) is 0 Å². The number of benzene rings is 2. The van der Waals surface area contributed by atoms with Gasteiger partial charge in [0.2, 0.25) is 0 Å². The zero-order valence-corrected chi connectivity index (χ0v) is 17.0. The Morgan fingerprint density at radius 1 is 1.21 bits per heavy atom. The molecule has 2 aromatic carbocycles. The van der Waals surface area contributed by atoms with E-state index in [1.807, 2.05) is 43.3 Å². The summed E-state index contributed by atoms with van der Waals surface area (Å²) in [6.45, 7) is 1.16. The zero-order valence-electron chi connectivity index (χ0n) is 15.5. The standard InChI is InChI=1S/C19H19ClN4O3S/c1-22(2)10-5-11-23(19-21-15-6-3-4-7-17(15)28-19)18(25)14-12-13(20)8-9-16(14)24(26)27/h3-4,6-9,12H,5,10-11H2,1-2H3. The summed E-state index contributed by atoms with van der Waals surface area (Å²) in [5, 5.41) is 12.2. The fourth-order valence-corrected chi connectivity index (χ4v) is 3.95. The molecule has 7 nitrogen and oxygen atoms in total. The zero-order chi connectivity index (χ0) is 20.3. The third kappa shape index (κ3) is 4.46. The molecule has 1 aromatic heterocycles. The van der Waals surface area contributed by atoms with Crippen molar-refractivity contribution in [1.82, 2.24) is 9.88 Å². The van der Waals surface area contributed by atoms with Crippen LogP contribution in [0.2, 0.25) is 5.02 Å². The SMILES string of the molecule is CN(C)CCCN(C(=O)c1cc(Cl)ccc1[N+](=O)[O-])c1nc2ccccc2s1. The number of aromatic nitrogens is 1. The summed E-state index contributed by atoms with van der Waals surface area (Å²) < 4.78 is 0.948. The molecule has 1 amide bonds. The summed E-state index contributed by atoms with van der Waals surface area (Å²) in [7, 11) is 3.90. The smallest absolute Gasteiger partial charge is 0.282 e. The third-order valence-corrected chi connectivity index (χ3v) is 5.43. The second-order valence-corrected chi connectivity index (χ2v) is 7.94. The molecule has 9 heteroatoms. The Kier molecular flexibility index (Phi) is 6.23. The van der Waals surface area contributed by atoms with Gasteiger partial charge in [-0.3, -0.25) is 19.8 Å². The Morgan fingerprint density at radius 3 is 2.64 bits per heavy atom. The number of amides is 1. The minimum atomic E-state index is -0.570. The normalized spacial score (nSPS) is 11.1. The highest BCUT2D eigenvalue weighted by atomic mass is 35.5. The van der Waals surface area contributed by atoms with Gasteiger partial charge in [0.25, 0.3) is 11.6 Å². The van der Waals surface area contributed by atoms with Gasteiger partial charge in [-0.05, 0) is 51.3 Å². The van der Waals surface area contributed by atoms with Crippen LogP contribution in [0.1, 0.15) is 16.8 Å². The predicted molar refractivity (Wildman–Crippen MR) is 113 cm³/mol. The van der Waals surface area contributed by atoms with E-state index in [-0.39, 0.29) is 16.3 Å². The van der Waals surface area contributed by atoms with Gasteiger partial charge in [-0.1, -0.05) is 35.1 Å². The predicted octanol–water partition coefficient (Wildman–Crippen LogP) is 4.46. The van der Waals surface area contributed by atoms with Crippen LogP contribution in [0.3, 0.4) is 0 Å². The minimum absolute atomic E-state index is 0.0402. The largest absolute Gasteiger partial charge is 0.309 e. The van der Waals surface area contributed by atoms with Gasteiger partial charge in [0.1, 0.15) is 5.56 Å². The van der Waals surface area contributed by atoms with E-state index in [4.69, 9.17) is 11.6 Å².